The van der Waals surface area contributed by atoms with Crippen LogP contribution in [0.3, 0.4) is 0 Å². The van der Waals surface area contributed by atoms with Crippen LogP contribution in [-0.4, -0.2) is 35.6 Å². The fourth-order valence-corrected chi connectivity index (χ4v) is 1.84. The van der Waals surface area contributed by atoms with Crippen molar-refractivity contribution >= 4 is 23.2 Å². The summed E-state index contributed by atoms with van der Waals surface area (Å²) in [4.78, 5) is 14.3. The molecule has 17 heavy (non-hydrogen) atoms. The van der Waals surface area contributed by atoms with E-state index < -0.39 is 0 Å². The van der Waals surface area contributed by atoms with Gasteiger partial charge in [0.1, 0.15) is 0 Å². The highest BCUT2D eigenvalue weighted by Crippen LogP contribution is 2.14. The van der Waals surface area contributed by atoms with Crippen molar-refractivity contribution in [2.24, 2.45) is 11.1 Å². The number of carbonyl (C=O) groups excluding carboxylic acids is 1. The monoisotopic (exact) mass is 257 g/mol. The summed E-state index contributed by atoms with van der Waals surface area (Å²) in [6, 6.07) is 0.0104. The second-order valence-corrected chi connectivity index (χ2v) is 5.75. The van der Waals surface area contributed by atoms with Crippen molar-refractivity contribution in [2.75, 3.05) is 19.6 Å². The first-order valence-corrected chi connectivity index (χ1v) is 6.67. The minimum absolute atomic E-state index is 0.0104. The summed E-state index contributed by atoms with van der Waals surface area (Å²) in [6.45, 7) is 6.10. The first-order chi connectivity index (χ1) is 7.93. The van der Waals surface area contributed by atoms with Gasteiger partial charge in [0.2, 0.25) is 0 Å². The van der Waals surface area contributed by atoms with Crippen molar-refractivity contribution in [2.45, 2.75) is 39.5 Å². The molecule has 4 nitrogen and oxygen atoms in total. The summed E-state index contributed by atoms with van der Waals surface area (Å²) in [7, 11) is 0. The van der Waals surface area contributed by atoms with Crippen LogP contribution < -0.4 is 11.1 Å². The van der Waals surface area contributed by atoms with Crippen LogP contribution in [0.15, 0.2) is 0 Å². The molecule has 2 amide bonds. The number of rotatable bonds is 3. The second kappa shape index (κ2) is 6.19. The Morgan fingerprint density at radius 2 is 1.82 bits per heavy atom. The zero-order valence-corrected chi connectivity index (χ0v) is 11.6. The van der Waals surface area contributed by atoms with Crippen molar-refractivity contribution in [3.8, 4) is 0 Å². The molecule has 0 aromatic carbocycles. The van der Waals surface area contributed by atoms with E-state index in [-0.39, 0.29) is 11.4 Å². The number of hydrogen-bond donors (Lipinski definition) is 2. The van der Waals surface area contributed by atoms with Gasteiger partial charge in [-0.15, -0.1) is 0 Å². The SMILES string of the molecule is CC(C)(CNC(=O)N1CCCCCC1)C(N)=S. The van der Waals surface area contributed by atoms with Crippen LogP contribution in [0, 0.1) is 5.41 Å². The highest BCUT2D eigenvalue weighted by Gasteiger charge is 2.23. The van der Waals surface area contributed by atoms with Gasteiger partial charge in [-0.25, -0.2) is 4.79 Å². The highest BCUT2D eigenvalue weighted by molar-refractivity contribution is 7.80. The predicted octanol–water partition coefficient (Wildman–Crippen LogP) is 1.88. The van der Waals surface area contributed by atoms with E-state index in [1.54, 1.807) is 0 Å². The predicted molar refractivity (Wildman–Crippen MR) is 74.0 cm³/mol. The maximum atomic E-state index is 12.0. The van der Waals surface area contributed by atoms with Gasteiger partial charge in [-0.2, -0.15) is 0 Å². The smallest absolute Gasteiger partial charge is 0.317 e. The maximum absolute atomic E-state index is 12.0. The number of amides is 2. The minimum atomic E-state index is -0.323. The zero-order chi connectivity index (χ0) is 12.9. The Morgan fingerprint density at radius 1 is 1.29 bits per heavy atom. The van der Waals surface area contributed by atoms with E-state index in [0.29, 0.717) is 11.5 Å². The van der Waals surface area contributed by atoms with Gasteiger partial charge in [0, 0.05) is 25.0 Å². The molecular formula is C12H23N3OS. The molecule has 0 radical (unpaired) electrons. The number of carbonyl (C=O) groups is 1. The molecule has 5 heteroatoms. The average molecular weight is 257 g/mol. The number of nitrogens with one attached hydrogen (secondary N) is 1. The summed E-state index contributed by atoms with van der Waals surface area (Å²) in [5.41, 5.74) is 5.30. The normalized spacial score (nSPS) is 17.4. The largest absolute Gasteiger partial charge is 0.393 e. The molecule has 1 rings (SSSR count). The van der Waals surface area contributed by atoms with E-state index in [4.69, 9.17) is 18.0 Å². The van der Waals surface area contributed by atoms with Gasteiger partial charge in [-0.1, -0.05) is 38.9 Å². The summed E-state index contributed by atoms with van der Waals surface area (Å²) in [6.07, 6.45) is 4.66. The van der Waals surface area contributed by atoms with Gasteiger partial charge in [-0.3, -0.25) is 0 Å². The quantitative estimate of drug-likeness (QED) is 0.759. The number of hydrogen-bond acceptors (Lipinski definition) is 2. The van der Waals surface area contributed by atoms with Crippen LogP contribution in [-0.2, 0) is 0 Å². The molecular weight excluding hydrogens is 234 g/mol. The number of nitrogens with zero attached hydrogens (tertiary/aromatic N) is 1. The minimum Gasteiger partial charge on any atom is -0.393 e. The number of nitrogens with two attached hydrogens (primary N) is 1. The van der Waals surface area contributed by atoms with Crippen molar-refractivity contribution in [3.05, 3.63) is 0 Å². The van der Waals surface area contributed by atoms with Crippen molar-refractivity contribution in [1.29, 1.82) is 0 Å². The topological polar surface area (TPSA) is 58.4 Å². The molecule has 0 unspecified atom stereocenters. The van der Waals surface area contributed by atoms with Gasteiger partial charge < -0.3 is 16.0 Å². The van der Waals surface area contributed by atoms with Gasteiger partial charge in [0.05, 0.1) is 4.99 Å². The fourth-order valence-electron chi connectivity index (χ4n) is 1.77. The Hall–Kier alpha value is -0.840. The maximum Gasteiger partial charge on any atom is 0.317 e. The van der Waals surface area contributed by atoms with Crippen LogP contribution in [0.2, 0.25) is 0 Å². The lowest BCUT2D eigenvalue weighted by atomic mass is 9.94. The number of likely N-dealkylation sites (tertiary alicyclic amines) is 1. The summed E-state index contributed by atoms with van der Waals surface area (Å²) >= 11 is 4.97. The van der Waals surface area contributed by atoms with Gasteiger partial charge >= 0.3 is 6.03 Å². The Balaban J connectivity index is 2.40. The molecule has 0 bridgehead atoms. The second-order valence-electron chi connectivity index (χ2n) is 5.31. The van der Waals surface area contributed by atoms with Crippen molar-refractivity contribution in [3.63, 3.8) is 0 Å². The third kappa shape index (κ3) is 4.50. The molecule has 0 atom stereocenters. The molecule has 0 aromatic rings. The van der Waals surface area contributed by atoms with E-state index in [1.165, 1.54) is 12.8 Å². The molecule has 1 fully saturated rings. The first kappa shape index (κ1) is 14.2. The third-order valence-electron chi connectivity index (χ3n) is 3.24. The lowest BCUT2D eigenvalue weighted by Crippen LogP contribution is -2.47. The molecule has 0 saturated carbocycles. The van der Waals surface area contributed by atoms with E-state index in [9.17, 15) is 4.79 Å². The molecule has 1 aliphatic rings. The Morgan fingerprint density at radius 3 is 2.29 bits per heavy atom. The lowest BCUT2D eigenvalue weighted by Gasteiger charge is -2.26. The fraction of sp³-hybridized carbons (Fsp3) is 0.833. The third-order valence-corrected chi connectivity index (χ3v) is 3.79. The van der Waals surface area contributed by atoms with E-state index in [1.807, 2.05) is 18.7 Å². The van der Waals surface area contributed by atoms with Crippen LogP contribution in [0.5, 0.6) is 0 Å². The zero-order valence-electron chi connectivity index (χ0n) is 10.8. The molecule has 3 N–H and O–H groups in total. The summed E-state index contributed by atoms with van der Waals surface area (Å²) < 4.78 is 0. The molecule has 0 aliphatic carbocycles. The van der Waals surface area contributed by atoms with Crippen LogP contribution >= 0.6 is 12.2 Å². The molecule has 1 aliphatic heterocycles. The Bertz CT molecular complexity index is 283. The molecule has 1 saturated heterocycles. The first-order valence-electron chi connectivity index (χ1n) is 6.26. The van der Waals surface area contributed by atoms with E-state index >= 15 is 0 Å². The Kier molecular flexibility index (Phi) is 5.18. The van der Waals surface area contributed by atoms with Crippen molar-refractivity contribution in [1.82, 2.24) is 10.2 Å². The summed E-state index contributed by atoms with van der Waals surface area (Å²) in [5.74, 6) is 0. The van der Waals surface area contributed by atoms with Crippen LogP contribution in [0.4, 0.5) is 4.79 Å². The highest BCUT2D eigenvalue weighted by atomic mass is 32.1. The van der Waals surface area contributed by atoms with E-state index in [0.717, 1.165) is 25.9 Å². The van der Waals surface area contributed by atoms with Crippen LogP contribution in [0.1, 0.15) is 39.5 Å². The molecule has 98 valence electrons. The van der Waals surface area contributed by atoms with Crippen molar-refractivity contribution < 1.29 is 4.79 Å². The van der Waals surface area contributed by atoms with Gasteiger partial charge in [-0.05, 0) is 12.8 Å². The lowest BCUT2D eigenvalue weighted by molar-refractivity contribution is 0.197. The van der Waals surface area contributed by atoms with Crippen LogP contribution in [0.25, 0.3) is 0 Å². The van der Waals surface area contributed by atoms with Gasteiger partial charge in [0.25, 0.3) is 0 Å². The van der Waals surface area contributed by atoms with E-state index in [2.05, 4.69) is 5.32 Å². The number of thiocarbonyl (C=S) groups is 1. The average Bonchev–Trinajstić information content (AvgIpc) is 2.54. The Labute approximate surface area is 109 Å². The molecule has 0 spiro atoms. The summed E-state index contributed by atoms with van der Waals surface area (Å²) in [5, 5.41) is 2.92. The molecule has 1 heterocycles. The standard InChI is InChI=1S/C12H23N3OS/c1-12(2,10(13)17)9-14-11(16)15-7-5-3-4-6-8-15/h3-9H2,1-2H3,(H2,13,17)(H,14,16). The van der Waals surface area contributed by atoms with Gasteiger partial charge in [0.15, 0.2) is 0 Å². The number of urea groups is 1. The molecule has 0 aromatic heterocycles.